The first kappa shape index (κ1) is 20.4. The van der Waals surface area contributed by atoms with Gasteiger partial charge in [-0.05, 0) is 49.1 Å². The van der Waals surface area contributed by atoms with Gasteiger partial charge in [0.1, 0.15) is 0 Å². The van der Waals surface area contributed by atoms with E-state index in [9.17, 15) is 13.6 Å². The predicted molar refractivity (Wildman–Crippen MR) is 105 cm³/mol. The van der Waals surface area contributed by atoms with Crippen LogP contribution < -0.4 is 5.32 Å². The lowest BCUT2D eigenvalue weighted by atomic mass is 9.96. The number of hydrogen-bond acceptors (Lipinski definition) is 3. The molecule has 1 aromatic carbocycles. The fourth-order valence-corrected chi connectivity index (χ4v) is 3.72. The molecule has 1 amide bonds. The quantitative estimate of drug-likeness (QED) is 0.780. The van der Waals surface area contributed by atoms with Gasteiger partial charge in [0.05, 0.1) is 11.6 Å². The van der Waals surface area contributed by atoms with Gasteiger partial charge in [0.2, 0.25) is 5.91 Å². The molecule has 1 N–H and O–H groups in total. The van der Waals surface area contributed by atoms with Gasteiger partial charge in [0.15, 0.2) is 11.6 Å². The highest BCUT2D eigenvalue weighted by Gasteiger charge is 2.26. The molecule has 1 aromatic heterocycles. The second-order valence-corrected chi connectivity index (χ2v) is 7.40. The van der Waals surface area contributed by atoms with Crippen molar-refractivity contribution in [2.45, 2.75) is 51.1 Å². The molecule has 4 nitrogen and oxygen atoms in total. The number of nitrogens with zero attached hydrogens (tertiary/aromatic N) is 2. The van der Waals surface area contributed by atoms with Gasteiger partial charge in [-0.3, -0.25) is 14.7 Å². The third kappa shape index (κ3) is 5.35. The van der Waals surface area contributed by atoms with Crippen LogP contribution in [0.3, 0.4) is 0 Å². The average molecular weight is 387 g/mol. The topological polar surface area (TPSA) is 45.2 Å². The molecule has 0 bridgehead atoms. The zero-order chi connectivity index (χ0) is 19.9. The molecule has 1 unspecified atom stereocenters. The highest BCUT2D eigenvalue weighted by atomic mass is 19.2. The Morgan fingerprint density at radius 3 is 2.64 bits per heavy atom. The van der Waals surface area contributed by atoms with E-state index in [0.717, 1.165) is 50.0 Å². The summed E-state index contributed by atoms with van der Waals surface area (Å²) in [5, 5.41) is 3.19. The van der Waals surface area contributed by atoms with E-state index in [4.69, 9.17) is 0 Å². The molecule has 0 radical (unpaired) electrons. The van der Waals surface area contributed by atoms with Crippen LogP contribution in [0.15, 0.2) is 42.6 Å². The fourth-order valence-electron chi connectivity index (χ4n) is 3.72. The van der Waals surface area contributed by atoms with E-state index in [0.29, 0.717) is 6.54 Å². The van der Waals surface area contributed by atoms with Crippen LogP contribution in [-0.4, -0.2) is 34.9 Å². The highest BCUT2D eigenvalue weighted by molar-refractivity contribution is 5.83. The largest absolute Gasteiger partial charge is 0.353 e. The van der Waals surface area contributed by atoms with Crippen molar-refractivity contribution in [1.82, 2.24) is 15.2 Å². The molecule has 0 spiro atoms. The summed E-state index contributed by atoms with van der Waals surface area (Å²) in [5.41, 5.74) is 1.58. The van der Waals surface area contributed by atoms with Gasteiger partial charge in [0.25, 0.3) is 0 Å². The Labute approximate surface area is 165 Å². The maximum absolute atomic E-state index is 13.4. The minimum absolute atomic E-state index is 0.0413. The van der Waals surface area contributed by atoms with E-state index in [2.05, 4.69) is 22.1 Å². The molecule has 1 aliphatic rings. The maximum Gasteiger partial charge on any atom is 0.229 e. The third-order valence-corrected chi connectivity index (χ3v) is 5.26. The second-order valence-electron chi connectivity index (χ2n) is 7.40. The third-order valence-electron chi connectivity index (χ3n) is 5.26. The number of carbonyl (C=O) groups is 1. The molecule has 6 heteroatoms. The number of hydrogen-bond donors (Lipinski definition) is 1. The predicted octanol–water partition coefficient (Wildman–Crippen LogP) is 4.02. The lowest BCUT2D eigenvalue weighted by molar-refractivity contribution is -0.123. The lowest BCUT2D eigenvalue weighted by Crippen LogP contribution is -2.45. The van der Waals surface area contributed by atoms with Crippen molar-refractivity contribution in [1.29, 1.82) is 0 Å². The van der Waals surface area contributed by atoms with Crippen LogP contribution in [0.25, 0.3) is 0 Å². The average Bonchev–Trinajstić information content (AvgIpc) is 2.71. The Hall–Kier alpha value is -2.34. The molecule has 1 aliphatic heterocycles. The minimum Gasteiger partial charge on any atom is -0.353 e. The summed E-state index contributed by atoms with van der Waals surface area (Å²) in [4.78, 5) is 19.4. The van der Waals surface area contributed by atoms with Crippen molar-refractivity contribution in [3.8, 4) is 0 Å². The maximum atomic E-state index is 13.4. The number of carbonyl (C=O) groups excluding carboxylic acids is 1. The van der Waals surface area contributed by atoms with Gasteiger partial charge < -0.3 is 5.32 Å². The summed E-state index contributed by atoms with van der Waals surface area (Å²) in [5.74, 6) is -1.80. The van der Waals surface area contributed by atoms with Gasteiger partial charge in [-0.25, -0.2) is 8.78 Å². The Morgan fingerprint density at radius 2 is 2.00 bits per heavy atom. The zero-order valence-corrected chi connectivity index (χ0v) is 16.2. The van der Waals surface area contributed by atoms with Gasteiger partial charge in [0, 0.05) is 31.9 Å². The molecule has 150 valence electrons. The van der Waals surface area contributed by atoms with E-state index < -0.39 is 11.6 Å². The van der Waals surface area contributed by atoms with Crippen LogP contribution in [0.2, 0.25) is 0 Å². The summed E-state index contributed by atoms with van der Waals surface area (Å²) in [6, 6.07) is 9.85. The lowest BCUT2D eigenvalue weighted by Gasteiger charge is -2.33. The second kappa shape index (κ2) is 9.73. The summed E-state index contributed by atoms with van der Waals surface area (Å²) in [6.45, 7) is 4.28. The molecule has 3 rings (SSSR count). The number of aromatic nitrogens is 1. The number of pyridine rings is 1. The molecule has 2 aromatic rings. The van der Waals surface area contributed by atoms with Crippen molar-refractivity contribution >= 4 is 5.91 Å². The van der Waals surface area contributed by atoms with E-state index in [1.54, 1.807) is 12.3 Å². The Balaban J connectivity index is 1.51. The van der Waals surface area contributed by atoms with Gasteiger partial charge in [-0.2, -0.15) is 0 Å². The highest BCUT2D eigenvalue weighted by Crippen LogP contribution is 2.21. The first-order chi connectivity index (χ1) is 13.6. The zero-order valence-electron chi connectivity index (χ0n) is 16.2. The van der Waals surface area contributed by atoms with Crippen LogP contribution in [0, 0.1) is 11.6 Å². The molecule has 1 fully saturated rings. The standard InChI is InChI=1S/C22H27F2N3O/c1-2-5-18(21-6-3-4-11-25-21)22(28)26-17-9-12-27(13-10-17)15-16-7-8-19(23)20(24)14-16/h3-4,6-8,11,14,17-18H,2,5,9-10,12-13,15H2,1H3,(H,26,28). The first-order valence-electron chi connectivity index (χ1n) is 9.94. The Morgan fingerprint density at radius 1 is 1.21 bits per heavy atom. The SMILES string of the molecule is CCCC(C(=O)NC1CCN(Cc2ccc(F)c(F)c2)CC1)c1ccccn1. The van der Waals surface area contributed by atoms with Crippen LogP contribution in [0.5, 0.6) is 0 Å². The van der Waals surface area contributed by atoms with Gasteiger partial charge >= 0.3 is 0 Å². The number of likely N-dealkylation sites (tertiary alicyclic amines) is 1. The summed E-state index contributed by atoms with van der Waals surface area (Å²) < 4.78 is 26.4. The van der Waals surface area contributed by atoms with Crippen LogP contribution >= 0.6 is 0 Å². The minimum atomic E-state index is -0.820. The number of nitrogens with one attached hydrogen (secondary N) is 1. The van der Waals surface area contributed by atoms with Crippen molar-refractivity contribution in [3.63, 3.8) is 0 Å². The van der Waals surface area contributed by atoms with Gasteiger partial charge in [-0.1, -0.05) is 25.5 Å². The van der Waals surface area contributed by atoms with Crippen molar-refractivity contribution in [3.05, 3.63) is 65.5 Å². The van der Waals surface area contributed by atoms with Crippen molar-refractivity contribution < 1.29 is 13.6 Å². The summed E-state index contributed by atoms with van der Waals surface area (Å²) in [6.07, 6.45) is 5.11. The molecular formula is C22H27F2N3O. The number of halogens is 2. The van der Waals surface area contributed by atoms with Crippen LogP contribution in [0.1, 0.15) is 49.8 Å². The van der Waals surface area contributed by atoms with Gasteiger partial charge in [-0.15, -0.1) is 0 Å². The van der Waals surface area contributed by atoms with E-state index >= 15 is 0 Å². The molecule has 0 saturated carbocycles. The molecule has 28 heavy (non-hydrogen) atoms. The summed E-state index contributed by atoms with van der Waals surface area (Å²) >= 11 is 0. The molecule has 1 saturated heterocycles. The number of benzene rings is 1. The normalized spacial score (nSPS) is 16.7. The van der Waals surface area contributed by atoms with E-state index in [1.165, 1.54) is 12.1 Å². The Bertz CT molecular complexity index is 777. The first-order valence-corrected chi connectivity index (χ1v) is 9.94. The van der Waals surface area contributed by atoms with Crippen LogP contribution in [0.4, 0.5) is 8.78 Å². The van der Waals surface area contributed by atoms with E-state index in [1.807, 2.05) is 18.2 Å². The number of rotatable bonds is 7. The van der Waals surface area contributed by atoms with Crippen molar-refractivity contribution in [2.24, 2.45) is 0 Å². The fraction of sp³-hybridized carbons (Fsp3) is 0.455. The molecule has 0 aliphatic carbocycles. The molecular weight excluding hydrogens is 360 g/mol. The molecule has 2 heterocycles. The van der Waals surface area contributed by atoms with Crippen molar-refractivity contribution in [2.75, 3.05) is 13.1 Å². The smallest absolute Gasteiger partial charge is 0.229 e. The monoisotopic (exact) mass is 387 g/mol. The Kier molecular flexibility index (Phi) is 7.09. The number of amides is 1. The summed E-state index contributed by atoms with van der Waals surface area (Å²) in [7, 11) is 0. The van der Waals surface area contributed by atoms with Crippen LogP contribution in [-0.2, 0) is 11.3 Å². The molecule has 1 atom stereocenters. The van der Waals surface area contributed by atoms with E-state index in [-0.39, 0.29) is 17.9 Å². The number of piperidine rings is 1.